The van der Waals surface area contributed by atoms with Crippen molar-refractivity contribution in [2.45, 2.75) is 31.3 Å². The quantitative estimate of drug-likeness (QED) is 0.254. The van der Waals surface area contributed by atoms with Gasteiger partial charge in [0.05, 0.1) is 13.0 Å². The van der Waals surface area contributed by atoms with Gasteiger partial charge in [-0.15, -0.1) is 0 Å². The molecule has 0 heterocycles. The van der Waals surface area contributed by atoms with Crippen molar-refractivity contribution >= 4 is 23.7 Å². The van der Waals surface area contributed by atoms with Crippen LogP contribution in [0.4, 0.5) is 0 Å². The van der Waals surface area contributed by atoms with E-state index in [0.29, 0.717) is 5.56 Å². The molecule has 0 bridgehead atoms. The zero-order valence-electron chi connectivity index (χ0n) is 20.1. The van der Waals surface area contributed by atoms with Gasteiger partial charge >= 0.3 is 5.97 Å². The molecule has 0 aromatic heterocycles. The van der Waals surface area contributed by atoms with Gasteiger partial charge in [-0.2, -0.15) is 0 Å². The lowest BCUT2D eigenvalue weighted by Gasteiger charge is -2.22. The number of benzene rings is 3. The van der Waals surface area contributed by atoms with Crippen LogP contribution in [0.25, 0.3) is 0 Å². The number of carbonyl (C=O) groups excluding carboxylic acids is 3. The second kappa shape index (κ2) is 13.4. The summed E-state index contributed by atoms with van der Waals surface area (Å²) in [6, 6.07) is 21.7. The highest BCUT2D eigenvalue weighted by Crippen LogP contribution is 2.12. The standard InChI is InChI=1S/C28H29N3O6/c32-22-13-11-21(12-14-22)15-23(27(35)31-24(28(36)37)16-19-7-3-1-4-8-19)30-26(34)18-29-25(33)17-20-9-5-2-6-10-20/h1-14,23-24,32H,15-18H2,(H,29,33)(H,30,34)(H,31,35)(H,36,37). The van der Waals surface area contributed by atoms with Crippen molar-refractivity contribution in [3.63, 3.8) is 0 Å². The molecule has 0 spiro atoms. The molecule has 0 aliphatic carbocycles. The first-order valence-corrected chi connectivity index (χ1v) is 11.7. The van der Waals surface area contributed by atoms with Crippen LogP contribution >= 0.6 is 0 Å². The van der Waals surface area contributed by atoms with Crippen LogP contribution in [-0.2, 0) is 38.4 Å². The first-order valence-electron chi connectivity index (χ1n) is 11.7. The van der Waals surface area contributed by atoms with Gasteiger partial charge in [0.25, 0.3) is 0 Å². The number of amides is 3. The molecule has 0 saturated carbocycles. The number of phenolic OH excluding ortho intramolecular Hbond substituents is 1. The SMILES string of the molecule is O=C(Cc1ccccc1)NCC(=O)NC(Cc1ccc(O)cc1)C(=O)NC(Cc1ccccc1)C(=O)O. The minimum Gasteiger partial charge on any atom is -0.508 e. The van der Waals surface area contributed by atoms with E-state index < -0.39 is 29.9 Å². The molecule has 0 saturated heterocycles. The first-order chi connectivity index (χ1) is 17.8. The molecule has 3 aromatic rings. The topological polar surface area (TPSA) is 145 Å². The van der Waals surface area contributed by atoms with Gasteiger partial charge in [0.1, 0.15) is 17.8 Å². The van der Waals surface area contributed by atoms with E-state index in [-0.39, 0.29) is 37.5 Å². The van der Waals surface area contributed by atoms with Crippen LogP contribution in [0.1, 0.15) is 16.7 Å². The Balaban J connectivity index is 1.65. The lowest BCUT2D eigenvalue weighted by Crippen LogP contribution is -2.54. The molecule has 5 N–H and O–H groups in total. The Morgan fingerprint density at radius 1 is 0.649 bits per heavy atom. The minimum absolute atomic E-state index is 0.0451. The number of phenols is 1. The van der Waals surface area contributed by atoms with E-state index in [1.807, 2.05) is 18.2 Å². The number of rotatable bonds is 12. The summed E-state index contributed by atoms with van der Waals surface area (Å²) in [5.41, 5.74) is 2.17. The largest absolute Gasteiger partial charge is 0.508 e. The third-order valence-electron chi connectivity index (χ3n) is 5.58. The lowest BCUT2D eigenvalue weighted by atomic mass is 10.0. The van der Waals surface area contributed by atoms with Crippen LogP contribution in [-0.4, -0.2) is 52.5 Å². The molecule has 0 aliphatic rings. The van der Waals surface area contributed by atoms with Gasteiger partial charge in [0.15, 0.2) is 0 Å². The van der Waals surface area contributed by atoms with Gasteiger partial charge < -0.3 is 26.2 Å². The first kappa shape index (κ1) is 26.9. The highest BCUT2D eigenvalue weighted by molar-refractivity contribution is 5.92. The summed E-state index contributed by atoms with van der Waals surface area (Å²) >= 11 is 0. The smallest absolute Gasteiger partial charge is 0.326 e. The van der Waals surface area contributed by atoms with Crippen LogP contribution in [0.15, 0.2) is 84.9 Å². The van der Waals surface area contributed by atoms with E-state index in [9.17, 15) is 29.4 Å². The van der Waals surface area contributed by atoms with E-state index in [0.717, 1.165) is 11.1 Å². The number of aromatic hydroxyl groups is 1. The van der Waals surface area contributed by atoms with Crippen molar-refractivity contribution < 1.29 is 29.4 Å². The van der Waals surface area contributed by atoms with Crippen molar-refractivity contribution in [1.82, 2.24) is 16.0 Å². The molecular weight excluding hydrogens is 474 g/mol. The second-order valence-electron chi connectivity index (χ2n) is 8.52. The molecule has 2 atom stereocenters. The summed E-state index contributed by atoms with van der Waals surface area (Å²) < 4.78 is 0. The van der Waals surface area contributed by atoms with Crippen LogP contribution < -0.4 is 16.0 Å². The average molecular weight is 504 g/mol. The fourth-order valence-corrected chi connectivity index (χ4v) is 3.67. The molecule has 192 valence electrons. The Hall–Kier alpha value is -4.66. The van der Waals surface area contributed by atoms with Gasteiger partial charge in [-0.05, 0) is 28.8 Å². The maximum Gasteiger partial charge on any atom is 0.326 e. The summed E-state index contributed by atoms with van der Waals surface area (Å²) in [6.45, 7) is -0.350. The monoisotopic (exact) mass is 503 g/mol. The van der Waals surface area contributed by atoms with Crippen LogP contribution in [0, 0.1) is 0 Å². The van der Waals surface area contributed by atoms with E-state index in [1.54, 1.807) is 54.6 Å². The Kier molecular flexibility index (Phi) is 9.78. The molecule has 2 unspecified atom stereocenters. The Morgan fingerprint density at radius 3 is 1.78 bits per heavy atom. The van der Waals surface area contributed by atoms with E-state index in [4.69, 9.17) is 0 Å². The predicted molar refractivity (Wildman–Crippen MR) is 137 cm³/mol. The Morgan fingerprint density at radius 2 is 1.19 bits per heavy atom. The number of carbonyl (C=O) groups is 4. The van der Waals surface area contributed by atoms with Crippen LogP contribution in [0.5, 0.6) is 5.75 Å². The minimum atomic E-state index is -1.21. The van der Waals surface area contributed by atoms with Crippen molar-refractivity contribution in [1.29, 1.82) is 0 Å². The molecule has 3 aromatic carbocycles. The molecule has 0 aliphatic heterocycles. The number of nitrogens with one attached hydrogen (secondary N) is 3. The van der Waals surface area contributed by atoms with E-state index >= 15 is 0 Å². The molecule has 0 fully saturated rings. The van der Waals surface area contributed by atoms with Gasteiger partial charge in [-0.1, -0.05) is 72.8 Å². The molecule has 3 amide bonds. The highest BCUT2D eigenvalue weighted by atomic mass is 16.4. The van der Waals surface area contributed by atoms with Gasteiger partial charge in [0.2, 0.25) is 17.7 Å². The zero-order valence-corrected chi connectivity index (χ0v) is 20.1. The number of carboxylic acid groups (broad SMARTS) is 1. The van der Waals surface area contributed by atoms with E-state index in [2.05, 4.69) is 16.0 Å². The highest BCUT2D eigenvalue weighted by Gasteiger charge is 2.27. The van der Waals surface area contributed by atoms with Crippen molar-refractivity contribution in [2.24, 2.45) is 0 Å². The second-order valence-corrected chi connectivity index (χ2v) is 8.52. The summed E-state index contributed by atoms with van der Waals surface area (Å²) in [4.78, 5) is 49.7. The number of aliphatic carboxylic acids is 1. The van der Waals surface area contributed by atoms with Crippen LogP contribution in [0.2, 0.25) is 0 Å². The maximum absolute atomic E-state index is 13.1. The lowest BCUT2D eigenvalue weighted by molar-refractivity contribution is -0.142. The summed E-state index contributed by atoms with van der Waals surface area (Å²) in [5.74, 6) is -2.80. The summed E-state index contributed by atoms with van der Waals surface area (Å²) in [5, 5.41) is 26.8. The summed E-state index contributed by atoms with van der Waals surface area (Å²) in [6.07, 6.45) is 0.218. The zero-order chi connectivity index (χ0) is 26.6. The Labute approximate surface area is 214 Å². The fraction of sp³-hybridized carbons (Fsp3) is 0.214. The molecule has 9 nitrogen and oxygen atoms in total. The number of hydrogen-bond donors (Lipinski definition) is 5. The third kappa shape index (κ3) is 9.14. The van der Waals surface area contributed by atoms with Crippen molar-refractivity contribution in [2.75, 3.05) is 6.54 Å². The fourth-order valence-electron chi connectivity index (χ4n) is 3.67. The predicted octanol–water partition coefficient (Wildman–Crippen LogP) is 1.59. The van der Waals surface area contributed by atoms with Gasteiger partial charge in [0, 0.05) is 12.8 Å². The third-order valence-corrected chi connectivity index (χ3v) is 5.58. The van der Waals surface area contributed by atoms with Crippen molar-refractivity contribution in [3.8, 4) is 5.75 Å². The molecule has 37 heavy (non-hydrogen) atoms. The summed E-state index contributed by atoms with van der Waals surface area (Å²) in [7, 11) is 0. The molecule has 0 radical (unpaired) electrons. The molecule has 3 rings (SSSR count). The van der Waals surface area contributed by atoms with Crippen molar-refractivity contribution in [3.05, 3.63) is 102 Å². The number of hydrogen-bond acceptors (Lipinski definition) is 5. The molecule has 9 heteroatoms. The normalized spacial score (nSPS) is 12.1. The van der Waals surface area contributed by atoms with Crippen LogP contribution in [0.3, 0.4) is 0 Å². The van der Waals surface area contributed by atoms with Gasteiger partial charge in [-0.3, -0.25) is 14.4 Å². The van der Waals surface area contributed by atoms with Gasteiger partial charge in [-0.25, -0.2) is 4.79 Å². The van der Waals surface area contributed by atoms with E-state index in [1.165, 1.54) is 12.1 Å². The maximum atomic E-state index is 13.1. The number of carboxylic acids is 1. The molecular formula is C28H29N3O6. The average Bonchev–Trinajstić information content (AvgIpc) is 2.89. The Bertz CT molecular complexity index is 1200.